The van der Waals surface area contributed by atoms with Gasteiger partial charge in [0.15, 0.2) is 0 Å². The molecular formula is C25H19N2O2-. The Morgan fingerprint density at radius 3 is 2.59 bits per heavy atom. The quantitative estimate of drug-likeness (QED) is 0.372. The van der Waals surface area contributed by atoms with Crippen molar-refractivity contribution >= 4 is 34.9 Å². The number of carbonyl (C=O) groups excluding carboxylic acids is 1. The molecule has 0 aliphatic heterocycles. The van der Waals surface area contributed by atoms with Gasteiger partial charge in [0, 0.05) is 35.4 Å². The van der Waals surface area contributed by atoms with Crippen molar-refractivity contribution in [2.45, 2.75) is 6.54 Å². The molecule has 1 heterocycles. The molecule has 4 rings (SSSR count). The third-order valence-corrected chi connectivity index (χ3v) is 4.65. The summed E-state index contributed by atoms with van der Waals surface area (Å²) in [6.07, 6.45) is 6.48. The Labute approximate surface area is 169 Å². The zero-order valence-electron chi connectivity index (χ0n) is 15.7. The molecule has 4 nitrogen and oxygen atoms in total. The fraction of sp³-hybridized carbons (Fsp3) is 0.0400. The minimum atomic E-state index is -1.22. The van der Waals surface area contributed by atoms with Gasteiger partial charge in [0.25, 0.3) is 0 Å². The van der Waals surface area contributed by atoms with E-state index < -0.39 is 5.97 Å². The maximum atomic E-state index is 10.6. The summed E-state index contributed by atoms with van der Waals surface area (Å²) in [4.78, 5) is 15.2. The molecular weight excluding hydrogens is 360 g/mol. The van der Waals surface area contributed by atoms with E-state index in [1.165, 1.54) is 11.6 Å². The SMILES string of the molecule is O=C([O-])/C=C/c1cccc(N=Cc2cn(Cc3ccccc3)c3ccccc23)c1. The highest BCUT2D eigenvalue weighted by Crippen LogP contribution is 2.22. The van der Waals surface area contributed by atoms with Crippen LogP contribution in [0.15, 0.2) is 96.1 Å². The smallest absolute Gasteiger partial charge is 0.0643 e. The highest BCUT2D eigenvalue weighted by Gasteiger charge is 2.07. The summed E-state index contributed by atoms with van der Waals surface area (Å²) in [6, 6.07) is 26.0. The number of carboxylic acids is 1. The van der Waals surface area contributed by atoms with E-state index in [4.69, 9.17) is 0 Å². The molecule has 4 heteroatoms. The molecule has 0 saturated carbocycles. The first kappa shape index (κ1) is 18.4. The maximum absolute atomic E-state index is 10.6. The van der Waals surface area contributed by atoms with Crippen LogP contribution < -0.4 is 5.11 Å². The van der Waals surface area contributed by atoms with Crippen molar-refractivity contribution in [3.05, 3.63) is 108 Å². The van der Waals surface area contributed by atoms with Gasteiger partial charge >= 0.3 is 0 Å². The van der Waals surface area contributed by atoms with E-state index in [0.717, 1.165) is 40.3 Å². The van der Waals surface area contributed by atoms with Crippen LogP contribution in [0.5, 0.6) is 0 Å². The minimum absolute atomic E-state index is 0.755. The highest BCUT2D eigenvalue weighted by molar-refractivity contribution is 6.00. The summed E-state index contributed by atoms with van der Waals surface area (Å²) in [6.45, 7) is 0.790. The monoisotopic (exact) mass is 379 g/mol. The molecule has 0 amide bonds. The van der Waals surface area contributed by atoms with E-state index in [-0.39, 0.29) is 0 Å². The Balaban J connectivity index is 1.65. The fourth-order valence-electron chi connectivity index (χ4n) is 3.31. The normalized spacial score (nSPS) is 11.6. The second-order valence-corrected chi connectivity index (χ2v) is 6.72. The van der Waals surface area contributed by atoms with Crippen molar-refractivity contribution < 1.29 is 9.90 Å². The van der Waals surface area contributed by atoms with Gasteiger partial charge in [0.05, 0.1) is 11.7 Å². The molecule has 0 aliphatic rings. The van der Waals surface area contributed by atoms with Crippen molar-refractivity contribution in [2.75, 3.05) is 0 Å². The first-order chi connectivity index (χ1) is 14.2. The standard InChI is InChI=1S/C25H20N2O2/c28-25(29)14-13-19-9-6-10-22(15-19)26-16-21-18-27(17-20-7-2-1-3-8-20)24-12-5-4-11-23(21)24/h1-16,18H,17H2,(H,28,29)/p-1/b14-13+,26-16?. The van der Waals surface area contributed by atoms with Crippen molar-refractivity contribution in [2.24, 2.45) is 4.99 Å². The second kappa shape index (κ2) is 8.40. The molecule has 29 heavy (non-hydrogen) atoms. The van der Waals surface area contributed by atoms with E-state index in [0.29, 0.717) is 0 Å². The van der Waals surface area contributed by atoms with Gasteiger partial charge in [-0.2, -0.15) is 0 Å². The zero-order valence-corrected chi connectivity index (χ0v) is 15.7. The van der Waals surface area contributed by atoms with Crippen LogP contribution in [0.25, 0.3) is 17.0 Å². The van der Waals surface area contributed by atoms with E-state index in [9.17, 15) is 9.90 Å². The summed E-state index contributed by atoms with van der Waals surface area (Å²) in [5.74, 6) is -1.22. The Morgan fingerprint density at radius 2 is 1.76 bits per heavy atom. The van der Waals surface area contributed by atoms with Crippen LogP contribution in [0.1, 0.15) is 16.7 Å². The molecule has 142 valence electrons. The lowest BCUT2D eigenvalue weighted by atomic mass is 10.2. The van der Waals surface area contributed by atoms with Crippen LogP contribution in [-0.4, -0.2) is 16.8 Å². The van der Waals surface area contributed by atoms with Crippen LogP contribution in [0.4, 0.5) is 5.69 Å². The number of fused-ring (bicyclic) bond motifs is 1. The lowest BCUT2D eigenvalue weighted by molar-refractivity contribution is -0.297. The summed E-state index contributed by atoms with van der Waals surface area (Å²) < 4.78 is 2.23. The van der Waals surface area contributed by atoms with Crippen LogP contribution >= 0.6 is 0 Å². The number of para-hydroxylation sites is 1. The topological polar surface area (TPSA) is 57.4 Å². The molecule has 0 fully saturated rings. The number of hydrogen-bond acceptors (Lipinski definition) is 3. The van der Waals surface area contributed by atoms with E-state index in [2.05, 4.69) is 40.0 Å². The molecule has 0 radical (unpaired) electrons. The maximum Gasteiger partial charge on any atom is 0.0643 e. The van der Waals surface area contributed by atoms with Crippen molar-refractivity contribution in [1.82, 2.24) is 4.57 Å². The van der Waals surface area contributed by atoms with Crippen LogP contribution in [0.2, 0.25) is 0 Å². The summed E-state index contributed by atoms with van der Waals surface area (Å²) >= 11 is 0. The van der Waals surface area contributed by atoms with E-state index in [1.54, 1.807) is 0 Å². The fourth-order valence-corrected chi connectivity index (χ4v) is 3.31. The predicted molar refractivity (Wildman–Crippen MR) is 115 cm³/mol. The summed E-state index contributed by atoms with van der Waals surface area (Å²) in [5.41, 5.74) is 4.94. The van der Waals surface area contributed by atoms with Gasteiger partial charge in [-0.25, -0.2) is 0 Å². The minimum Gasteiger partial charge on any atom is -0.545 e. The molecule has 0 atom stereocenters. The van der Waals surface area contributed by atoms with Gasteiger partial charge in [0.2, 0.25) is 0 Å². The molecule has 0 aliphatic carbocycles. The van der Waals surface area contributed by atoms with Gasteiger partial charge in [-0.05, 0) is 35.4 Å². The van der Waals surface area contributed by atoms with Gasteiger partial charge in [-0.15, -0.1) is 0 Å². The number of aliphatic carboxylic acids is 1. The van der Waals surface area contributed by atoms with Gasteiger partial charge in [-0.3, -0.25) is 4.99 Å². The second-order valence-electron chi connectivity index (χ2n) is 6.72. The van der Waals surface area contributed by atoms with E-state index >= 15 is 0 Å². The first-order valence-corrected chi connectivity index (χ1v) is 9.34. The van der Waals surface area contributed by atoms with Crippen LogP contribution in [-0.2, 0) is 11.3 Å². The number of carbonyl (C=O) groups is 1. The number of benzene rings is 3. The Morgan fingerprint density at radius 1 is 0.966 bits per heavy atom. The number of hydrogen-bond donors (Lipinski definition) is 0. The van der Waals surface area contributed by atoms with Gasteiger partial charge in [-0.1, -0.05) is 66.7 Å². The summed E-state index contributed by atoms with van der Waals surface area (Å²) in [7, 11) is 0. The van der Waals surface area contributed by atoms with Crippen LogP contribution in [0, 0.1) is 0 Å². The van der Waals surface area contributed by atoms with Crippen molar-refractivity contribution in [3.8, 4) is 0 Å². The van der Waals surface area contributed by atoms with E-state index in [1.807, 2.05) is 60.8 Å². The average Bonchev–Trinajstić information content (AvgIpc) is 3.09. The summed E-state index contributed by atoms with van der Waals surface area (Å²) in [5, 5.41) is 11.7. The van der Waals surface area contributed by atoms with Crippen molar-refractivity contribution in [1.29, 1.82) is 0 Å². The highest BCUT2D eigenvalue weighted by atomic mass is 16.4. The third-order valence-electron chi connectivity index (χ3n) is 4.65. The molecule has 0 bridgehead atoms. The lowest BCUT2D eigenvalue weighted by Gasteiger charge is -2.05. The molecule has 0 saturated heterocycles. The number of carboxylic acid groups (broad SMARTS) is 1. The Hall–Kier alpha value is -3.92. The molecule has 0 spiro atoms. The van der Waals surface area contributed by atoms with Gasteiger partial charge in [0.1, 0.15) is 0 Å². The molecule has 0 N–H and O–H groups in total. The predicted octanol–water partition coefficient (Wildman–Crippen LogP) is 4.20. The number of nitrogens with zero attached hydrogens (tertiary/aromatic N) is 2. The average molecular weight is 379 g/mol. The largest absolute Gasteiger partial charge is 0.545 e. The molecule has 0 unspecified atom stereocenters. The number of rotatable bonds is 6. The Bertz CT molecular complexity index is 1200. The molecule has 3 aromatic carbocycles. The lowest BCUT2D eigenvalue weighted by Crippen LogP contribution is -2.18. The first-order valence-electron chi connectivity index (χ1n) is 9.34. The number of aliphatic imine (C=N–C) groups is 1. The Kier molecular flexibility index (Phi) is 5.34. The van der Waals surface area contributed by atoms with Gasteiger partial charge < -0.3 is 14.5 Å². The molecule has 4 aromatic rings. The van der Waals surface area contributed by atoms with Crippen LogP contribution in [0.3, 0.4) is 0 Å². The van der Waals surface area contributed by atoms with Crippen molar-refractivity contribution in [3.63, 3.8) is 0 Å². The third kappa shape index (κ3) is 4.50. The zero-order chi connectivity index (χ0) is 20.1. The number of aromatic nitrogens is 1. The molecule has 1 aromatic heterocycles.